The Morgan fingerprint density at radius 1 is 1.36 bits per heavy atom. The van der Waals surface area contributed by atoms with Crippen LogP contribution in [0.3, 0.4) is 0 Å². The van der Waals surface area contributed by atoms with E-state index in [4.69, 9.17) is 0 Å². The third kappa shape index (κ3) is 1.98. The Kier molecular flexibility index (Phi) is 2.88. The van der Waals surface area contributed by atoms with E-state index < -0.39 is 0 Å². The van der Waals surface area contributed by atoms with E-state index in [1.54, 1.807) is 0 Å². The van der Waals surface area contributed by atoms with Crippen LogP contribution in [0, 0.1) is 17.8 Å². The second-order valence-corrected chi connectivity index (χ2v) is 5.07. The van der Waals surface area contributed by atoms with Gasteiger partial charge < -0.3 is 10.2 Å². The third-order valence-electron chi connectivity index (χ3n) is 3.17. The first kappa shape index (κ1) is 10.1. The fourth-order valence-corrected chi connectivity index (χ4v) is 2.64. The van der Waals surface area contributed by atoms with Gasteiger partial charge in [0.25, 0.3) is 0 Å². The molecule has 2 saturated heterocycles. The Morgan fingerprint density at radius 2 is 1.93 bits per heavy atom. The monoisotopic (exact) mass is 196 g/mol. The SMILES string of the molecule is CC(C)CN1CC2CNCC(C1)C2=O. The lowest BCUT2D eigenvalue weighted by Crippen LogP contribution is -2.57. The van der Waals surface area contributed by atoms with E-state index in [-0.39, 0.29) is 11.8 Å². The van der Waals surface area contributed by atoms with Crippen molar-refractivity contribution >= 4 is 5.78 Å². The molecule has 0 amide bonds. The van der Waals surface area contributed by atoms with Gasteiger partial charge in [-0.2, -0.15) is 0 Å². The predicted octanol–water partition coefficient (Wildman–Crippen LogP) is 0.363. The van der Waals surface area contributed by atoms with Crippen LogP contribution in [0.4, 0.5) is 0 Å². The number of Topliss-reactive ketones (excluding diaryl/α,β-unsaturated/α-hetero) is 1. The second kappa shape index (κ2) is 3.99. The van der Waals surface area contributed by atoms with Gasteiger partial charge in [-0.05, 0) is 5.92 Å². The van der Waals surface area contributed by atoms with E-state index in [1.165, 1.54) is 0 Å². The number of carbonyl (C=O) groups excluding carboxylic acids is 1. The maximum atomic E-state index is 11.8. The molecule has 0 aliphatic carbocycles. The van der Waals surface area contributed by atoms with E-state index in [1.807, 2.05) is 0 Å². The summed E-state index contributed by atoms with van der Waals surface area (Å²) in [7, 11) is 0. The molecule has 3 nitrogen and oxygen atoms in total. The van der Waals surface area contributed by atoms with E-state index in [2.05, 4.69) is 24.1 Å². The summed E-state index contributed by atoms with van der Waals surface area (Å²) < 4.78 is 0. The van der Waals surface area contributed by atoms with Gasteiger partial charge in [0.1, 0.15) is 5.78 Å². The minimum absolute atomic E-state index is 0.265. The quantitative estimate of drug-likeness (QED) is 0.692. The van der Waals surface area contributed by atoms with Crippen LogP contribution in [-0.2, 0) is 4.79 Å². The molecule has 3 heteroatoms. The van der Waals surface area contributed by atoms with Gasteiger partial charge in [-0.25, -0.2) is 0 Å². The Bertz CT molecular complexity index is 211. The van der Waals surface area contributed by atoms with Crippen LogP contribution in [0.1, 0.15) is 13.8 Å². The largest absolute Gasteiger partial charge is 0.315 e. The molecule has 14 heavy (non-hydrogen) atoms. The van der Waals surface area contributed by atoms with E-state index in [0.717, 1.165) is 32.7 Å². The van der Waals surface area contributed by atoms with Crippen LogP contribution in [0.5, 0.6) is 0 Å². The first-order valence-electron chi connectivity index (χ1n) is 5.63. The molecule has 0 aromatic carbocycles. The molecule has 0 spiro atoms. The van der Waals surface area contributed by atoms with Crippen molar-refractivity contribution in [3.63, 3.8) is 0 Å². The first-order chi connectivity index (χ1) is 6.66. The zero-order valence-corrected chi connectivity index (χ0v) is 9.12. The summed E-state index contributed by atoms with van der Waals surface area (Å²) in [5, 5.41) is 3.34. The number of rotatable bonds is 2. The highest BCUT2D eigenvalue weighted by molar-refractivity contribution is 5.85. The summed E-state index contributed by atoms with van der Waals surface area (Å²) in [6.07, 6.45) is 0. The highest BCUT2D eigenvalue weighted by Gasteiger charge is 2.37. The fraction of sp³-hybridized carbons (Fsp3) is 0.909. The van der Waals surface area contributed by atoms with Gasteiger partial charge in [-0.1, -0.05) is 13.8 Å². The number of ketones is 1. The summed E-state index contributed by atoms with van der Waals surface area (Å²) in [5.74, 6) is 1.74. The van der Waals surface area contributed by atoms with Gasteiger partial charge in [0.05, 0.1) is 0 Å². The van der Waals surface area contributed by atoms with Crippen molar-refractivity contribution < 1.29 is 4.79 Å². The summed E-state index contributed by atoms with van der Waals surface area (Å²) in [6, 6.07) is 0. The van der Waals surface area contributed by atoms with Crippen molar-refractivity contribution in [3.8, 4) is 0 Å². The van der Waals surface area contributed by atoms with Crippen LogP contribution in [-0.4, -0.2) is 43.4 Å². The molecule has 2 atom stereocenters. The van der Waals surface area contributed by atoms with Crippen LogP contribution in [0.2, 0.25) is 0 Å². The number of hydrogen-bond acceptors (Lipinski definition) is 3. The molecule has 2 rings (SSSR count). The topological polar surface area (TPSA) is 32.3 Å². The Morgan fingerprint density at radius 3 is 2.43 bits per heavy atom. The van der Waals surface area contributed by atoms with Crippen molar-refractivity contribution in [1.82, 2.24) is 10.2 Å². The second-order valence-electron chi connectivity index (χ2n) is 5.07. The molecule has 2 aliphatic heterocycles. The lowest BCUT2D eigenvalue weighted by atomic mass is 9.84. The number of fused-ring (bicyclic) bond motifs is 2. The minimum Gasteiger partial charge on any atom is -0.315 e. The molecule has 2 fully saturated rings. The molecule has 1 N–H and O–H groups in total. The molecule has 2 aliphatic rings. The Hall–Kier alpha value is -0.410. The van der Waals surface area contributed by atoms with E-state index >= 15 is 0 Å². The van der Waals surface area contributed by atoms with Gasteiger partial charge in [0, 0.05) is 44.6 Å². The van der Waals surface area contributed by atoms with Crippen molar-refractivity contribution in [1.29, 1.82) is 0 Å². The molecule has 0 saturated carbocycles. The Labute approximate surface area is 85.8 Å². The highest BCUT2D eigenvalue weighted by Crippen LogP contribution is 2.21. The molecular weight excluding hydrogens is 176 g/mol. The average Bonchev–Trinajstić information content (AvgIpc) is 2.05. The predicted molar refractivity (Wildman–Crippen MR) is 56.1 cm³/mol. The number of hydrogen-bond donors (Lipinski definition) is 1. The number of nitrogens with one attached hydrogen (secondary N) is 1. The van der Waals surface area contributed by atoms with Crippen LogP contribution in [0.25, 0.3) is 0 Å². The Balaban J connectivity index is 1.97. The maximum absolute atomic E-state index is 11.8. The van der Waals surface area contributed by atoms with Crippen molar-refractivity contribution in [2.75, 3.05) is 32.7 Å². The van der Waals surface area contributed by atoms with Gasteiger partial charge >= 0.3 is 0 Å². The molecule has 0 radical (unpaired) electrons. The summed E-state index contributed by atoms with van der Waals surface area (Å²) in [5.41, 5.74) is 0. The first-order valence-corrected chi connectivity index (χ1v) is 5.63. The smallest absolute Gasteiger partial charge is 0.144 e. The molecule has 2 heterocycles. The average molecular weight is 196 g/mol. The lowest BCUT2D eigenvalue weighted by molar-refractivity contribution is -0.133. The summed E-state index contributed by atoms with van der Waals surface area (Å²) >= 11 is 0. The van der Waals surface area contributed by atoms with Crippen molar-refractivity contribution in [3.05, 3.63) is 0 Å². The minimum atomic E-state index is 0.265. The molecular formula is C11H20N2O. The molecule has 2 unspecified atom stereocenters. The van der Waals surface area contributed by atoms with Crippen molar-refractivity contribution in [2.24, 2.45) is 17.8 Å². The normalized spacial score (nSPS) is 33.8. The van der Waals surface area contributed by atoms with Gasteiger partial charge in [-0.3, -0.25) is 4.79 Å². The van der Waals surface area contributed by atoms with Crippen molar-refractivity contribution in [2.45, 2.75) is 13.8 Å². The van der Waals surface area contributed by atoms with Gasteiger partial charge in [0.2, 0.25) is 0 Å². The zero-order chi connectivity index (χ0) is 10.1. The summed E-state index contributed by atoms with van der Waals surface area (Å²) in [6.45, 7) is 9.35. The van der Waals surface area contributed by atoms with Crippen LogP contribution < -0.4 is 5.32 Å². The number of nitrogens with zero attached hydrogens (tertiary/aromatic N) is 1. The molecule has 80 valence electrons. The molecule has 2 bridgehead atoms. The molecule has 0 aromatic rings. The van der Waals surface area contributed by atoms with E-state index in [0.29, 0.717) is 11.7 Å². The molecule has 0 aromatic heterocycles. The number of piperidine rings is 2. The number of carbonyl (C=O) groups is 1. The highest BCUT2D eigenvalue weighted by atomic mass is 16.1. The van der Waals surface area contributed by atoms with Crippen LogP contribution in [0.15, 0.2) is 0 Å². The number of likely N-dealkylation sites (tertiary alicyclic amines) is 1. The van der Waals surface area contributed by atoms with E-state index in [9.17, 15) is 4.79 Å². The van der Waals surface area contributed by atoms with Gasteiger partial charge in [-0.15, -0.1) is 0 Å². The zero-order valence-electron chi connectivity index (χ0n) is 9.12. The third-order valence-corrected chi connectivity index (χ3v) is 3.17. The fourth-order valence-electron chi connectivity index (χ4n) is 2.64. The van der Waals surface area contributed by atoms with Crippen LogP contribution >= 0.6 is 0 Å². The standard InChI is InChI=1S/C11H20N2O/c1-8(2)5-13-6-9-3-12-4-10(7-13)11(9)14/h8-10,12H,3-7H2,1-2H3. The van der Waals surface area contributed by atoms with Gasteiger partial charge in [0.15, 0.2) is 0 Å². The maximum Gasteiger partial charge on any atom is 0.144 e. The lowest BCUT2D eigenvalue weighted by Gasteiger charge is -2.41. The summed E-state index contributed by atoms with van der Waals surface area (Å²) in [4.78, 5) is 14.2.